The molecular weight excluding hydrogens is 375 g/mol. The Morgan fingerprint density at radius 1 is 1.17 bits per heavy atom. The number of nitrogens with one attached hydrogen (secondary N) is 1. The summed E-state index contributed by atoms with van der Waals surface area (Å²) in [4.78, 5) is 11.7. The number of anilines is 1. The number of benzene rings is 2. The highest BCUT2D eigenvalue weighted by atomic mass is 35.5. The van der Waals surface area contributed by atoms with Crippen LogP contribution < -0.4 is 10.5 Å². The third-order valence-electron chi connectivity index (χ3n) is 3.44. The zero-order chi connectivity index (χ0) is 17.5. The van der Waals surface area contributed by atoms with E-state index in [9.17, 15) is 13.2 Å². The summed E-state index contributed by atoms with van der Waals surface area (Å²) in [6.07, 6.45) is 0. The van der Waals surface area contributed by atoms with Gasteiger partial charge in [-0.2, -0.15) is 0 Å². The van der Waals surface area contributed by atoms with Gasteiger partial charge in [0.25, 0.3) is 10.0 Å². The minimum Gasteiger partial charge on any atom is -0.408 e. The Kier molecular flexibility index (Phi) is 4.33. The summed E-state index contributed by atoms with van der Waals surface area (Å²) >= 11 is 11.8. The lowest BCUT2D eigenvalue weighted by Gasteiger charge is -2.10. The quantitative estimate of drug-likeness (QED) is 0.740. The van der Waals surface area contributed by atoms with Crippen molar-refractivity contribution in [2.45, 2.75) is 18.4 Å². The molecule has 6 nitrogen and oxygen atoms in total. The second-order valence-electron chi connectivity index (χ2n) is 4.97. The van der Waals surface area contributed by atoms with Crippen molar-refractivity contribution in [1.29, 1.82) is 0 Å². The van der Waals surface area contributed by atoms with Gasteiger partial charge < -0.3 is 4.42 Å². The standard InChI is InChI=1S/C15H12Cl2N2O4S/c1-2-19-13-6-4-10(8-14(13)23-15(19)20)24(21,22)18-12-7-9(16)3-5-11(12)17/h3-8,18H,2H2,1H3. The van der Waals surface area contributed by atoms with E-state index >= 15 is 0 Å². The fraction of sp³-hybridized carbons (Fsp3) is 0.133. The fourth-order valence-corrected chi connectivity index (χ4v) is 3.77. The number of halogens is 2. The first-order valence-electron chi connectivity index (χ1n) is 6.93. The van der Waals surface area contributed by atoms with Crippen LogP contribution >= 0.6 is 23.2 Å². The summed E-state index contributed by atoms with van der Waals surface area (Å²) in [5, 5.41) is 0.561. The monoisotopic (exact) mass is 386 g/mol. The Balaban J connectivity index is 2.05. The third kappa shape index (κ3) is 3.02. The molecule has 0 bridgehead atoms. The molecule has 0 spiro atoms. The molecule has 0 aliphatic carbocycles. The number of fused-ring (bicyclic) bond motifs is 1. The second kappa shape index (κ2) is 6.16. The van der Waals surface area contributed by atoms with Crippen molar-refractivity contribution in [3.8, 4) is 0 Å². The van der Waals surface area contributed by atoms with E-state index in [1.165, 1.54) is 34.9 Å². The van der Waals surface area contributed by atoms with Crippen molar-refractivity contribution in [3.05, 3.63) is 57.0 Å². The van der Waals surface area contributed by atoms with Gasteiger partial charge in [-0.3, -0.25) is 9.29 Å². The number of hydrogen-bond acceptors (Lipinski definition) is 4. The van der Waals surface area contributed by atoms with Crippen molar-refractivity contribution in [2.24, 2.45) is 0 Å². The van der Waals surface area contributed by atoms with E-state index in [4.69, 9.17) is 27.6 Å². The van der Waals surface area contributed by atoms with Crippen LogP contribution in [0.4, 0.5) is 5.69 Å². The predicted octanol–water partition coefficient (Wildman–Crippen LogP) is 3.72. The van der Waals surface area contributed by atoms with Crippen LogP contribution in [0.2, 0.25) is 10.0 Å². The lowest BCUT2D eigenvalue weighted by Crippen LogP contribution is -2.13. The Bertz CT molecular complexity index is 1090. The largest absolute Gasteiger partial charge is 0.419 e. The fourth-order valence-electron chi connectivity index (χ4n) is 2.29. The van der Waals surface area contributed by atoms with E-state index in [1.807, 2.05) is 0 Å². The van der Waals surface area contributed by atoms with Crippen LogP contribution in [0.1, 0.15) is 6.92 Å². The minimum absolute atomic E-state index is 0.0527. The number of sulfonamides is 1. The van der Waals surface area contributed by atoms with Crippen molar-refractivity contribution in [3.63, 3.8) is 0 Å². The molecular formula is C15H12Cl2N2O4S. The van der Waals surface area contributed by atoms with Crippen molar-refractivity contribution >= 4 is 50.0 Å². The normalized spacial score (nSPS) is 11.8. The molecule has 1 heterocycles. The molecule has 0 saturated heterocycles. The van der Waals surface area contributed by atoms with Gasteiger partial charge in [0.1, 0.15) is 0 Å². The molecule has 0 atom stereocenters. The summed E-state index contributed by atoms with van der Waals surface area (Å²) < 4.78 is 33.9. The highest BCUT2D eigenvalue weighted by Crippen LogP contribution is 2.28. The molecule has 1 N–H and O–H groups in total. The zero-order valence-corrected chi connectivity index (χ0v) is 14.7. The molecule has 2 aromatic carbocycles. The second-order valence-corrected chi connectivity index (χ2v) is 7.50. The lowest BCUT2D eigenvalue weighted by atomic mass is 10.3. The number of rotatable bonds is 4. The van der Waals surface area contributed by atoms with Crippen molar-refractivity contribution < 1.29 is 12.8 Å². The molecule has 9 heteroatoms. The first-order valence-corrected chi connectivity index (χ1v) is 9.17. The number of nitrogens with zero attached hydrogens (tertiary/aromatic N) is 1. The van der Waals surface area contributed by atoms with Gasteiger partial charge in [0.05, 0.1) is 21.1 Å². The van der Waals surface area contributed by atoms with Gasteiger partial charge in [-0.05, 0) is 37.3 Å². The van der Waals surface area contributed by atoms with Gasteiger partial charge in [0.15, 0.2) is 5.58 Å². The molecule has 0 fully saturated rings. The summed E-state index contributed by atoms with van der Waals surface area (Å²) in [5.74, 6) is -0.534. The molecule has 126 valence electrons. The summed E-state index contributed by atoms with van der Waals surface area (Å²) in [5.41, 5.74) is 0.890. The van der Waals surface area contributed by atoms with Crippen molar-refractivity contribution in [1.82, 2.24) is 4.57 Å². The van der Waals surface area contributed by atoms with E-state index in [0.29, 0.717) is 17.1 Å². The number of hydrogen-bond donors (Lipinski definition) is 1. The van der Waals surface area contributed by atoms with Crippen LogP contribution in [-0.4, -0.2) is 13.0 Å². The highest BCUT2D eigenvalue weighted by Gasteiger charge is 2.18. The van der Waals surface area contributed by atoms with Crippen LogP contribution in [0.15, 0.2) is 50.5 Å². The predicted molar refractivity (Wildman–Crippen MR) is 93.4 cm³/mol. The molecule has 0 amide bonds. The Labute approximate surface area is 147 Å². The van der Waals surface area contributed by atoms with E-state index in [0.717, 1.165) is 0 Å². The molecule has 3 rings (SSSR count). The Hall–Kier alpha value is -1.96. The molecule has 0 saturated carbocycles. The van der Waals surface area contributed by atoms with E-state index in [2.05, 4.69) is 4.72 Å². The maximum absolute atomic E-state index is 12.5. The Morgan fingerprint density at radius 3 is 2.62 bits per heavy atom. The topological polar surface area (TPSA) is 81.3 Å². The first kappa shape index (κ1) is 16.9. The van der Waals surface area contributed by atoms with Gasteiger partial charge in [0, 0.05) is 17.6 Å². The van der Waals surface area contributed by atoms with Crippen LogP contribution in [0, 0.1) is 0 Å². The molecule has 3 aromatic rings. The van der Waals surface area contributed by atoms with Crippen molar-refractivity contribution in [2.75, 3.05) is 4.72 Å². The van der Waals surface area contributed by atoms with Crippen LogP contribution in [0.5, 0.6) is 0 Å². The summed E-state index contributed by atoms with van der Waals surface area (Å²) in [6, 6.07) is 8.67. The summed E-state index contributed by atoms with van der Waals surface area (Å²) in [7, 11) is -3.92. The van der Waals surface area contributed by atoms with Gasteiger partial charge in [-0.1, -0.05) is 23.2 Å². The Morgan fingerprint density at radius 2 is 1.92 bits per heavy atom. The van der Waals surface area contributed by atoms with Gasteiger partial charge in [-0.15, -0.1) is 0 Å². The average molecular weight is 387 g/mol. The van der Waals surface area contributed by atoms with E-state index in [1.54, 1.807) is 13.0 Å². The minimum atomic E-state index is -3.92. The maximum atomic E-state index is 12.5. The molecule has 24 heavy (non-hydrogen) atoms. The van der Waals surface area contributed by atoms with Gasteiger partial charge in [-0.25, -0.2) is 13.2 Å². The van der Waals surface area contributed by atoms with Gasteiger partial charge >= 0.3 is 5.76 Å². The highest BCUT2D eigenvalue weighted by molar-refractivity contribution is 7.92. The molecule has 0 unspecified atom stereocenters. The number of oxazole rings is 1. The van der Waals surface area contributed by atoms with Crippen LogP contribution in [0.25, 0.3) is 11.1 Å². The van der Waals surface area contributed by atoms with Crippen LogP contribution in [-0.2, 0) is 16.6 Å². The van der Waals surface area contributed by atoms with Gasteiger partial charge in [0.2, 0.25) is 0 Å². The molecule has 0 aliphatic heterocycles. The number of aromatic nitrogens is 1. The SMILES string of the molecule is CCn1c(=O)oc2cc(S(=O)(=O)Nc3cc(Cl)ccc3Cl)ccc21. The lowest BCUT2D eigenvalue weighted by molar-refractivity contribution is 0.512. The molecule has 0 radical (unpaired) electrons. The zero-order valence-electron chi connectivity index (χ0n) is 12.4. The molecule has 0 aliphatic rings. The summed E-state index contributed by atoms with van der Waals surface area (Å²) in [6.45, 7) is 2.22. The maximum Gasteiger partial charge on any atom is 0.419 e. The first-order chi connectivity index (χ1) is 11.3. The third-order valence-corrected chi connectivity index (χ3v) is 5.37. The van der Waals surface area contributed by atoms with Crippen LogP contribution in [0.3, 0.4) is 0 Å². The smallest absolute Gasteiger partial charge is 0.408 e. The average Bonchev–Trinajstić information content (AvgIpc) is 2.84. The molecule has 1 aromatic heterocycles. The van der Waals surface area contributed by atoms with E-state index in [-0.39, 0.29) is 21.2 Å². The van der Waals surface area contributed by atoms with E-state index < -0.39 is 15.8 Å². The number of aryl methyl sites for hydroxylation is 1.